The lowest BCUT2D eigenvalue weighted by molar-refractivity contribution is 0.364. The zero-order chi connectivity index (χ0) is 13.2. The Labute approximate surface area is 111 Å². The third-order valence-corrected chi connectivity index (χ3v) is 3.75. The summed E-state index contributed by atoms with van der Waals surface area (Å²) in [7, 11) is 0. The van der Waals surface area contributed by atoms with Gasteiger partial charge in [-0.2, -0.15) is 0 Å². The van der Waals surface area contributed by atoms with Gasteiger partial charge in [-0.1, -0.05) is 12.1 Å². The van der Waals surface area contributed by atoms with Crippen molar-refractivity contribution in [3.63, 3.8) is 0 Å². The lowest BCUT2D eigenvalue weighted by Crippen LogP contribution is -2.51. The molecular weight excluding hydrogens is 220 g/mol. The average molecular weight is 246 g/mol. The van der Waals surface area contributed by atoms with E-state index in [1.807, 2.05) is 0 Å². The van der Waals surface area contributed by atoms with Crippen molar-refractivity contribution in [3.8, 4) is 0 Å². The van der Waals surface area contributed by atoms with Crippen LogP contribution in [0.3, 0.4) is 0 Å². The van der Waals surface area contributed by atoms with Crippen LogP contribution in [0, 0.1) is 13.8 Å². The van der Waals surface area contributed by atoms with Crippen molar-refractivity contribution in [2.45, 2.75) is 46.1 Å². The smallest absolute Gasteiger partial charge is 0.0399 e. The van der Waals surface area contributed by atoms with Crippen LogP contribution in [0.4, 0.5) is 5.69 Å². The van der Waals surface area contributed by atoms with E-state index >= 15 is 0 Å². The van der Waals surface area contributed by atoms with Crippen LogP contribution in [0.15, 0.2) is 18.2 Å². The summed E-state index contributed by atoms with van der Waals surface area (Å²) >= 11 is 0. The third kappa shape index (κ3) is 3.26. The maximum Gasteiger partial charge on any atom is 0.0399 e. The van der Waals surface area contributed by atoms with E-state index in [0.29, 0.717) is 0 Å². The molecule has 0 atom stereocenters. The van der Waals surface area contributed by atoms with E-state index in [2.05, 4.69) is 56.1 Å². The summed E-state index contributed by atoms with van der Waals surface area (Å²) < 4.78 is 0. The fourth-order valence-electron chi connectivity index (χ4n) is 2.73. The molecule has 1 heterocycles. The predicted molar refractivity (Wildman–Crippen MR) is 79.4 cm³/mol. The van der Waals surface area contributed by atoms with Gasteiger partial charge >= 0.3 is 0 Å². The topological polar surface area (TPSA) is 15.3 Å². The second-order valence-corrected chi connectivity index (χ2v) is 6.23. The number of aryl methyl sites for hydroxylation is 2. The Morgan fingerprint density at radius 2 is 1.94 bits per heavy atom. The quantitative estimate of drug-likeness (QED) is 0.818. The first-order valence-electron chi connectivity index (χ1n) is 7.05. The van der Waals surface area contributed by atoms with Gasteiger partial charge in [0.05, 0.1) is 0 Å². The largest absolute Gasteiger partial charge is 0.369 e. The lowest BCUT2D eigenvalue weighted by atomic mass is 10.0. The van der Waals surface area contributed by atoms with Crippen LogP contribution >= 0.6 is 0 Å². The first-order valence-corrected chi connectivity index (χ1v) is 7.05. The highest BCUT2D eigenvalue weighted by atomic mass is 15.2. The molecule has 0 spiro atoms. The van der Waals surface area contributed by atoms with E-state index < -0.39 is 0 Å². The van der Waals surface area contributed by atoms with Crippen molar-refractivity contribution in [3.05, 3.63) is 29.3 Å². The minimum atomic E-state index is 0.191. The van der Waals surface area contributed by atoms with Crippen LogP contribution in [0.5, 0.6) is 0 Å². The molecule has 0 amide bonds. The van der Waals surface area contributed by atoms with Gasteiger partial charge in [0.15, 0.2) is 0 Å². The zero-order valence-electron chi connectivity index (χ0n) is 12.2. The van der Waals surface area contributed by atoms with E-state index in [-0.39, 0.29) is 5.54 Å². The van der Waals surface area contributed by atoms with Gasteiger partial charge in [0.2, 0.25) is 0 Å². The van der Waals surface area contributed by atoms with Gasteiger partial charge in [-0.15, -0.1) is 0 Å². The SMILES string of the molecule is Cc1ccc(C)c(N2CCCCNC(C)(C)C2)c1. The summed E-state index contributed by atoms with van der Waals surface area (Å²) in [5.41, 5.74) is 4.34. The van der Waals surface area contributed by atoms with E-state index in [1.54, 1.807) is 0 Å². The number of rotatable bonds is 1. The van der Waals surface area contributed by atoms with E-state index in [0.717, 1.165) is 13.1 Å². The van der Waals surface area contributed by atoms with Gasteiger partial charge in [-0.05, 0) is 64.3 Å². The lowest BCUT2D eigenvalue weighted by Gasteiger charge is -2.38. The average Bonchev–Trinajstić information content (AvgIpc) is 2.27. The molecule has 1 fully saturated rings. The Kier molecular flexibility index (Phi) is 3.96. The third-order valence-electron chi connectivity index (χ3n) is 3.75. The highest BCUT2D eigenvalue weighted by Crippen LogP contribution is 2.24. The predicted octanol–water partition coefficient (Wildman–Crippen LogP) is 3.27. The monoisotopic (exact) mass is 246 g/mol. The summed E-state index contributed by atoms with van der Waals surface area (Å²) in [6.07, 6.45) is 2.54. The molecule has 1 aromatic rings. The van der Waals surface area contributed by atoms with Crippen LogP contribution in [0.1, 0.15) is 37.8 Å². The van der Waals surface area contributed by atoms with Crippen molar-refractivity contribution in [1.82, 2.24) is 5.32 Å². The summed E-state index contributed by atoms with van der Waals surface area (Å²) in [5.74, 6) is 0. The number of nitrogens with one attached hydrogen (secondary N) is 1. The highest BCUT2D eigenvalue weighted by Gasteiger charge is 2.23. The van der Waals surface area contributed by atoms with Gasteiger partial charge in [0.1, 0.15) is 0 Å². The summed E-state index contributed by atoms with van der Waals surface area (Å²) in [5, 5.41) is 3.65. The van der Waals surface area contributed by atoms with Gasteiger partial charge in [0.25, 0.3) is 0 Å². The molecule has 0 aliphatic carbocycles. The Morgan fingerprint density at radius 3 is 2.72 bits per heavy atom. The van der Waals surface area contributed by atoms with Gasteiger partial charge < -0.3 is 10.2 Å². The van der Waals surface area contributed by atoms with Crippen molar-refractivity contribution in [2.75, 3.05) is 24.5 Å². The normalized spacial score (nSPS) is 20.3. The zero-order valence-corrected chi connectivity index (χ0v) is 12.2. The molecule has 1 aliphatic rings. The molecule has 0 bridgehead atoms. The van der Waals surface area contributed by atoms with Crippen molar-refractivity contribution < 1.29 is 0 Å². The van der Waals surface area contributed by atoms with Gasteiger partial charge in [-0.3, -0.25) is 0 Å². The van der Waals surface area contributed by atoms with Crippen LogP contribution in [-0.4, -0.2) is 25.2 Å². The minimum Gasteiger partial charge on any atom is -0.369 e. The fraction of sp³-hybridized carbons (Fsp3) is 0.625. The van der Waals surface area contributed by atoms with Crippen molar-refractivity contribution in [2.24, 2.45) is 0 Å². The summed E-state index contributed by atoms with van der Waals surface area (Å²) in [6.45, 7) is 12.4. The second-order valence-electron chi connectivity index (χ2n) is 6.23. The van der Waals surface area contributed by atoms with Gasteiger partial charge in [-0.25, -0.2) is 0 Å². The molecule has 2 heteroatoms. The maximum atomic E-state index is 3.65. The molecule has 2 rings (SSSR count). The standard InChI is InChI=1S/C16H26N2/c1-13-7-8-14(2)15(11-13)18-10-6-5-9-17-16(3,4)12-18/h7-8,11,17H,5-6,9-10,12H2,1-4H3. The molecule has 100 valence electrons. The minimum absolute atomic E-state index is 0.191. The summed E-state index contributed by atoms with van der Waals surface area (Å²) in [4.78, 5) is 2.55. The molecule has 0 saturated carbocycles. The van der Waals surface area contributed by atoms with Crippen molar-refractivity contribution >= 4 is 5.69 Å². The number of hydrogen-bond acceptors (Lipinski definition) is 2. The highest BCUT2D eigenvalue weighted by molar-refractivity contribution is 5.55. The van der Waals surface area contributed by atoms with Crippen molar-refractivity contribution in [1.29, 1.82) is 0 Å². The summed E-state index contributed by atoms with van der Waals surface area (Å²) in [6, 6.07) is 6.77. The second kappa shape index (κ2) is 5.31. The Balaban J connectivity index is 2.25. The molecule has 1 aliphatic heterocycles. The van der Waals surface area contributed by atoms with Crippen LogP contribution in [-0.2, 0) is 0 Å². The van der Waals surface area contributed by atoms with Crippen LogP contribution < -0.4 is 10.2 Å². The molecule has 1 aromatic carbocycles. The molecule has 0 radical (unpaired) electrons. The first kappa shape index (κ1) is 13.4. The van der Waals surface area contributed by atoms with E-state index in [9.17, 15) is 0 Å². The molecule has 0 aromatic heterocycles. The van der Waals surface area contributed by atoms with Gasteiger partial charge in [0, 0.05) is 24.3 Å². The number of hydrogen-bond donors (Lipinski definition) is 1. The molecule has 18 heavy (non-hydrogen) atoms. The maximum absolute atomic E-state index is 3.65. The molecule has 1 saturated heterocycles. The molecule has 2 nitrogen and oxygen atoms in total. The Hall–Kier alpha value is -1.02. The van der Waals surface area contributed by atoms with Crippen LogP contribution in [0.2, 0.25) is 0 Å². The van der Waals surface area contributed by atoms with E-state index in [1.165, 1.54) is 36.2 Å². The first-order chi connectivity index (χ1) is 8.48. The fourth-order valence-corrected chi connectivity index (χ4v) is 2.73. The Morgan fingerprint density at radius 1 is 1.17 bits per heavy atom. The Bertz CT molecular complexity index is 410. The molecule has 1 N–H and O–H groups in total. The van der Waals surface area contributed by atoms with Crippen LogP contribution in [0.25, 0.3) is 0 Å². The molecule has 0 unspecified atom stereocenters. The number of nitrogens with zero attached hydrogens (tertiary/aromatic N) is 1. The molecular formula is C16H26N2. The van der Waals surface area contributed by atoms with E-state index in [4.69, 9.17) is 0 Å². The number of anilines is 1. The number of benzene rings is 1.